The van der Waals surface area contributed by atoms with Gasteiger partial charge in [0, 0.05) is 54.5 Å². The lowest BCUT2D eigenvalue weighted by Crippen LogP contribution is -2.36. The van der Waals surface area contributed by atoms with Crippen LogP contribution in [0.25, 0.3) is 0 Å². The Bertz CT molecular complexity index is 1690. The minimum absolute atomic E-state index is 0.0330. The summed E-state index contributed by atoms with van der Waals surface area (Å²) in [7, 11) is 0. The molecule has 322 valence electrons. The number of carbonyl (C=O) groups is 4. The number of ether oxygens (including phenoxy) is 6. The van der Waals surface area contributed by atoms with Gasteiger partial charge in [-0.25, -0.2) is 4.79 Å². The number of anilines is 1. The van der Waals surface area contributed by atoms with Crippen LogP contribution in [0.15, 0.2) is 48.5 Å². The summed E-state index contributed by atoms with van der Waals surface area (Å²) in [6.45, 7) is 6.11. The molecule has 2 aromatic carbocycles. The van der Waals surface area contributed by atoms with Crippen LogP contribution in [0, 0.1) is 11.8 Å². The van der Waals surface area contributed by atoms with Crippen LogP contribution in [-0.2, 0) is 49.3 Å². The molecule has 15 nitrogen and oxygen atoms in total. The zero-order valence-corrected chi connectivity index (χ0v) is 34.7. The van der Waals surface area contributed by atoms with Crippen LogP contribution < -0.4 is 26.2 Å². The minimum atomic E-state index is -0.176. The first kappa shape index (κ1) is 45.9. The van der Waals surface area contributed by atoms with Crippen molar-refractivity contribution in [3.8, 4) is 11.8 Å². The van der Waals surface area contributed by atoms with Crippen LogP contribution in [0.3, 0.4) is 0 Å². The smallest absolute Gasteiger partial charge is 0.315 e. The van der Waals surface area contributed by atoms with Crippen molar-refractivity contribution in [2.24, 2.45) is 0 Å². The number of benzene rings is 2. The van der Waals surface area contributed by atoms with Crippen molar-refractivity contribution >= 4 is 41.2 Å². The van der Waals surface area contributed by atoms with Crippen LogP contribution in [0.2, 0.25) is 0 Å². The number of thioether (sulfide) groups is 1. The number of para-hydroxylation sites is 1. The van der Waals surface area contributed by atoms with Crippen molar-refractivity contribution in [2.75, 3.05) is 103 Å². The van der Waals surface area contributed by atoms with E-state index in [2.05, 4.69) is 33.1 Å². The molecular weight excluding hydrogens is 779 g/mol. The van der Waals surface area contributed by atoms with Gasteiger partial charge in [-0.2, -0.15) is 11.8 Å². The molecule has 2 unspecified atom stereocenters. The predicted molar refractivity (Wildman–Crippen MR) is 224 cm³/mol. The van der Waals surface area contributed by atoms with E-state index in [4.69, 9.17) is 28.4 Å². The maximum atomic E-state index is 13.3. The molecule has 0 bridgehead atoms. The normalized spacial score (nSPS) is 17.7. The zero-order valence-electron chi connectivity index (χ0n) is 33.8. The van der Waals surface area contributed by atoms with Gasteiger partial charge in [0.05, 0.1) is 104 Å². The molecule has 0 spiro atoms. The summed E-state index contributed by atoms with van der Waals surface area (Å²) in [4.78, 5) is 50.9. The molecule has 5 rings (SSSR count). The monoisotopic (exact) mass is 837 g/mol. The molecule has 3 aliphatic rings. The standard InChI is InChI=1S/C43H59N5O10S/c49-39(12-6-5-11-38-42-36(32-59-38)46-43(52)47-42)45-18-20-54-22-24-56-26-28-58-30-29-57-27-25-55-23-21-53-19-16-40(50)44-17-15-41(51)48-31-35-9-2-1-7-33(35)13-14-34-8-3-4-10-37(34)48/h1-4,7-10,36,38,42H,5-6,11-12,15-32H2,(H,44,50)(H,45,49)(H2,46,47,52)/t36?,38-,42?/m1/s1. The average molecular weight is 838 g/mol. The molecule has 0 aromatic heterocycles. The highest BCUT2D eigenvalue weighted by Crippen LogP contribution is 2.33. The number of nitrogens with one attached hydrogen (secondary N) is 4. The van der Waals surface area contributed by atoms with Gasteiger partial charge < -0.3 is 54.6 Å². The van der Waals surface area contributed by atoms with Gasteiger partial charge in [0.1, 0.15) is 0 Å². The first-order chi connectivity index (χ1) is 29.0. The fourth-order valence-corrected chi connectivity index (χ4v) is 8.27. The first-order valence-corrected chi connectivity index (χ1v) is 21.7. The third-order valence-electron chi connectivity index (χ3n) is 9.82. The lowest BCUT2D eigenvalue weighted by Gasteiger charge is -2.26. The van der Waals surface area contributed by atoms with E-state index in [1.54, 1.807) is 4.90 Å². The Kier molecular flexibility index (Phi) is 20.8. The van der Waals surface area contributed by atoms with Gasteiger partial charge in [-0.1, -0.05) is 48.6 Å². The summed E-state index contributed by atoms with van der Waals surface area (Å²) in [5, 5.41) is 12.1. The Morgan fingerprint density at radius 2 is 1.24 bits per heavy atom. The average Bonchev–Trinajstić information content (AvgIpc) is 3.79. The SMILES string of the molecule is O=C(CCCC[C@H]1SCC2NC(=O)NC21)NCCOCCOCCOCCOCCOCCOCCC(=O)NCCC(=O)N1Cc2ccccc2C#Cc2ccccc21. The van der Waals surface area contributed by atoms with E-state index in [-0.39, 0.29) is 61.8 Å². The number of rotatable bonds is 29. The third kappa shape index (κ3) is 16.8. The molecule has 3 heterocycles. The van der Waals surface area contributed by atoms with E-state index < -0.39 is 0 Å². The largest absolute Gasteiger partial charge is 0.379 e. The maximum absolute atomic E-state index is 13.3. The summed E-state index contributed by atoms with van der Waals surface area (Å²) in [6, 6.07) is 15.8. The molecule has 5 amide bonds. The molecule has 16 heteroatoms. The van der Waals surface area contributed by atoms with E-state index in [0.29, 0.717) is 97.4 Å². The highest BCUT2D eigenvalue weighted by Gasteiger charge is 2.42. The number of carbonyl (C=O) groups excluding carboxylic acids is 4. The second kappa shape index (κ2) is 26.8. The van der Waals surface area contributed by atoms with Crippen LogP contribution in [0.5, 0.6) is 0 Å². The Morgan fingerprint density at radius 3 is 1.95 bits per heavy atom. The number of amides is 5. The molecule has 3 aliphatic heterocycles. The van der Waals surface area contributed by atoms with Crippen molar-refractivity contribution in [1.29, 1.82) is 0 Å². The molecule has 0 radical (unpaired) electrons. The second-order valence-electron chi connectivity index (χ2n) is 14.1. The molecule has 2 aromatic rings. The van der Waals surface area contributed by atoms with E-state index in [9.17, 15) is 19.2 Å². The first-order valence-electron chi connectivity index (χ1n) is 20.7. The predicted octanol–water partition coefficient (Wildman–Crippen LogP) is 2.77. The van der Waals surface area contributed by atoms with E-state index in [1.165, 1.54) is 0 Å². The van der Waals surface area contributed by atoms with Crippen molar-refractivity contribution in [2.45, 2.75) is 62.4 Å². The van der Waals surface area contributed by atoms with Crippen molar-refractivity contribution in [3.05, 3.63) is 65.2 Å². The second-order valence-corrected chi connectivity index (χ2v) is 15.4. The Balaban J connectivity index is 0.734. The summed E-state index contributed by atoms with van der Waals surface area (Å²) < 4.78 is 33.1. The van der Waals surface area contributed by atoms with E-state index >= 15 is 0 Å². The van der Waals surface area contributed by atoms with Crippen LogP contribution >= 0.6 is 11.8 Å². The lowest BCUT2D eigenvalue weighted by molar-refractivity contribution is -0.123. The fraction of sp³-hybridized carbons (Fsp3) is 0.581. The van der Waals surface area contributed by atoms with Crippen molar-refractivity contribution in [1.82, 2.24) is 21.3 Å². The Hall–Kier alpha value is -4.21. The number of nitrogens with zero attached hydrogens (tertiary/aromatic N) is 1. The Morgan fingerprint density at radius 1 is 0.661 bits per heavy atom. The molecule has 2 fully saturated rings. The molecular formula is C43H59N5O10S. The van der Waals surface area contributed by atoms with Gasteiger partial charge in [-0.15, -0.1) is 0 Å². The number of hydrogen-bond acceptors (Lipinski definition) is 11. The highest BCUT2D eigenvalue weighted by atomic mass is 32.2. The number of unbranched alkanes of at least 4 members (excludes halogenated alkanes) is 1. The highest BCUT2D eigenvalue weighted by molar-refractivity contribution is 8.00. The van der Waals surface area contributed by atoms with Gasteiger partial charge in [0.15, 0.2) is 0 Å². The van der Waals surface area contributed by atoms with Crippen LogP contribution in [0.1, 0.15) is 55.2 Å². The summed E-state index contributed by atoms with van der Waals surface area (Å²) in [5.74, 6) is 7.14. The molecule has 59 heavy (non-hydrogen) atoms. The summed E-state index contributed by atoms with van der Waals surface area (Å²) in [5.41, 5.74) is 3.45. The lowest BCUT2D eigenvalue weighted by atomic mass is 10.0. The van der Waals surface area contributed by atoms with Gasteiger partial charge in [-0.3, -0.25) is 14.4 Å². The molecule has 2 saturated heterocycles. The molecule has 4 N–H and O–H groups in total. The van der Waals surface area contributed by atoms with Crippen molar-refractivity contribution < 1.29 is 47.6 Å². The minimum Gasteiger partial charge on any atom is -0.379 e. The summed E-state index contributed by atoms with van der Waals surface area (Å²) in [6.07, 6.45) is 3.66. The summed E-state index contributed by atoms with van der Waals surface area (Å²) >= 11 is 1.90. The van der Waals surface area contributed by atoms with Gasteiger partial charge in [0.25, 0.3) is 0 Å². The number of urea groups is 1. The van der Waals surface area contributed by atoms with Crippen LogP contribution in [0.4, 0.5) is 10.5 Å². The molecule has 0 aliphatic carbocycles. The molecule has 0 saturated carbocycles. The van der Waals surface area contributed by atoms with Gasteiger partial charge in [-0.05, 0) is 36.6 Å². The topological polar surface area (TPSA) is 175 Å². The fourth-order valence-electron chi connectivity index (χ4n) is 6.73. The van der Waals surface area contributed by atoms with Gasteiger partial charge in [0.2, 0.25) is 17.7 Å². The van der Waals surface area contributed by atoms with E-state index in [0.717, 1.165) is 47.4 Å². The molecule has 3 atom stereocenters. The maximum Gasteiger partial charge on any atom is 0.315 e. The number of fused-ring (bicyclic) bond motifs is 3. The van der Waals surface area contributed by atoms with Gasteiger partial charge >= 0.3 is 6.03 Å². The third-order valence-corrected chi connectivity index (χ3v) is 11.3. The van der Waals surface area contributed by atoms with Crippen molar-refractivity contribution in [3.63, 3.8) is 0 Å². The number of hydrogen-bond donors (Lipinski definition) is 4. The van der Waals surface area contributed by atoms with Crippen LogP contribution in [-0.4, -0.2) is 139 Å². The quantitative estimate of drug-likeness (QED) is 0.0539. The zero-order chi connectivity index (χ0) is 41.3. The van der Waals surface area contributed by atoms with E-state index in [1.807, 2.05) is 60.3 Å². The Labute approximate surface area is 351 Å².